The average molecular weight is 371 g/mol. The van der Waals surface area contributed by atoms with Crippen LogP contribution in [0.2, 0.25) is 0 Å². The average Bonchev–Trinajstić information content (AvgIpc) is 3.14. The molecule has 1 aliphatic rings. The zero-order valence-electron chi connectivity index (χ0n) is 15.9. The van der Waals surface area contributed by atoms with Crippen LogP contribution in [0.1, 0.15) is 11.1 Å². The van der Waals surface area contributed by atoms with Crippen molar-refractivity contribution in [1.29, 1.82) is 0 Å². The lowest BCUT2D eigenvalue weighted by Crippen LogP contribution is -2.41. The fourth-order valence-electron chi connectivity index (χ4n) is 3.06. The summed E-state index contributed by atoms with van der Waals surface area (Å²) in [6, 6.07) is 12.8. The van der Waals surface area contributed by atoms with Gasteiger partial charge in [0.2, 0.25) is 0 Å². The van der Waals surface area contributed by atoms with Gasteiger partial charge in [-0.25, -0.2) is 4.39 Å². The van der Waals surface area contributed by atoms with E-state index < -0.39 is 0 Å². The summed E-state index contributed by atoms with van der Waals surface area (Å²) in [4.78, 5) is 6.27. The summed E-state index contributed by atoms with van der Waals surface area (Å²) in [5.74, 6) is 1.73. The summed E-state index contributed by atoms with van der Waals surface area (Å²) in [5.41, 5.74) is 2.58. The number of guanidine groups is 1. The number of halogens is 1. The molecule has 0 fully saturated rings. The molecule has 1 heterocycles. The number of likely N-dealkylation sites (N-methyl/N-ethyl adjacent to an activating group) is 1. The second-order valence-corrected chi connectivity index (χ2v) is 6.46. The fourth-order valence-corrected chi connectivity index (χ4v) is 3.06. The Morgan fingerprint density at radius 3 is 2.96 bits per heavy atom. The number of benzene rings is 2. The molecule has 2 aromatic carbocycles. The van der Waals surface area contributed by atoms with Gasteiger partial charge in [-0.1, -0.05) is 24.3 Å². The Hall–Kier alpha value is -2.76. The van der Waals surface area contributed by atoms with Crippen LogP contribution in [0.4, 0.5) is 4.39 Å². The van der Waals surface area contributed by atoms with Crippen molar-refractivity contribution >= 4 is 5.96 Å². The summed E-state index contributed by atoms with van der Waals surface area (Å²) in [5, 5.41) is 3.36. The van der Waals surface area contributed by atoms with Crippen molar-refractivity contribution in [1.82, 2.24) is 10.2 Å². The highest BCUT2D eigenvalue weighted by molar-refractivity contribution is 5.79. The highest BCUT2D eigenvalue weighted by atomic mass is 19.1. The second-order valence-electron chi connectivity index (χ2n) is 6.46. The second kappa shape index (κ2) is 9.26. The number of para-hydroxylation sites is 1. The lowest BCUT2D eigenvalue weighted by molar-refractivity contribution is 0.270. The van der Waals surface area contributed by atoms with E-state index in [4.69, 9.17) is 9.47 Å². The molecule has 6 heteroatoms. The van der Waals surface area contributed by atoms with E-state index >= 15 is 0 Å². The van der Waals surface area contributed by atoms with Crippen molar-refractivity contribution in [2.24, 2.45) is 4.99 Å². The van der Waals surface area contributed by atoms with Crippen LogP contribution in [0.5, 0.6) is 11.5 Å². The molecule has 0 radical (unpaired) electrons. The molecule has 0 aliphatic carbocycles. The molecule has 1 N–H and O–H groups in total. The zero-order valence-corrected chi connectivity index (χ0v) is 15.9. The van der Waals surface area contributed by atoms with E-state index in [0.29, 0.717) is 13.2 Å². The monoisotopic (exact) mass is 371 g/mol. The van der Waals surface area contributed by atoms with Crippen LogP contribution in [-0.4, -0.2) is 51.3 Å². The first-order valence-corrected chi connectivity index (χ1v) is 9.21. The first-order valence-electron chi connectivity index (χ1n) is 9.21. The summed E-state index contributed by atoms with van der Waals surface area (Å²) in [6.07, 6.45) is 1.90. The molecule has 5 nitrogen and oxygen atoms in total. The van der Waals surface area contributed by atoms with Gasteiger partial charge in [-0.15, -0.1) is 0 Å². The number of nitrogens with zero attached hydrogens (tertiary/aromatic N) is 2. The van der Waals surface area contributed by atoms with Crippen LogP contribution in [-0.2, 0) is 12.8 Å². The molecule has 0 saturated heterocycles. The molecule has 0 unspecified atom stereocenters. The quantitative estimate of drug-likeness (QED) is 0.601. The van der Waals surface area contributed by atoms with E-state index in [1.807, 2.05) is 11.9 Å². The predicted molar refractivity (Wildman–Crippen MR) is 105 cm³/mol. The van der Waals surface area contributed by atoms with Crippen LogP contribution >= 0.6 is 0 Å². The SMILES string of the molecule is CN=C(NCCc1ccc2c(c1)CCO2)N(C)CCOc1ccccc1F. The van der Waals surface area contributed by atoms with Gasteiger partial charge in [-0.05, 0) is 35.7 Å². The van der Waals surface area contributed by atoms with Gasteiger partial charge in [0.05, 0.1) is 13.2 Å². The van der Waals surface area contributed by atoms with Gasteiger partial charge in [0.15, 0.2) is 17.5 Å². The minimum atomic E-state index is -0.345. The molecule has 0 atom stereocenters. The molecule has 27 heavy (non-hydrogen) atoms. The minimum Gasteiger partial charge on any atom is -0.493 e. The smallest absolute Gasteiger partial charge is 0.193 e. The Bertz CT molecular complexity index is 795. The standard InChI is InChI=1S/C21H26FN3O2/c1-23-21(25(2)12-14-27-20-6-4-3-5-18(20)22)24-11-9-16-7-8-19-17(15-16)10-13-26-19/h3-8,15H,9-14H2,1-2H3,(H,23,24). The van der Waals surface area contributed by atoms with Crippen molar-refractivity contribution in [3.8, 4) is 11.5 Å². The topological polar surface area (TPSA) is 46.1 Å². The van der Waals surface area contributed by atoms with E-state index in [9.17, 15) is 4.39 Å². The number of fused-ring (bicyclic) bond motifs is 1. The summed E-state index contributed by atoms with van der Waals surface area (Å²) < 4.78 is 24.6. The van der Waals surface area contributed by atoms with Crippen molar-refractivity contribution in [3.05, 3.63) is 59.4 Å². The zero-order chi connectivity index (χ0) is 19.1. The van der Waals surface area contributed by atoms with Gasteiger partial charge in [0.1, 0.15) is 12.4 Å². The molecule has 0 saturated carbocycles. The van der Waals surface area contributed by atoms with E-state index in [1.165, 1.54) is 17.2 Å². The van der Waals surface area contributed by atoms with E-state index in [0.717, 1.165) is 37.7 Å². The molecular weight excluding hydrogens is 345 g/mol. The summed E-state index contributed by atoms with van der Waals surface area (Å²) >= 11 is 0. The van der Waals surface area contributed by atoms with E-state index in [-0.39, 0.29) is 11.6 Å². The highest BCUT2D eigenvalue weighted by Crippen LogP contribution is 2.25. The molecule has 144 valence electrons. The lowest BCUT2D eigenvalue weighted by atomic mass is 10.1. The highest BCUT2D eigenvalue weighted by Gasteiger charge is 2.12. The normalized spacial score (nSPS) is 13.1. The van der Waals surface area contributed by atoms with E-state index in [2.05, 4.69) is 28.5 Å². The Morgan fingerprint density at radius 1 is 1.30 bits per heavy atom. The Balaban J connectivity index is 1.42. The van der Waals surface area contributed by atoms with Gasteiger partial charge in [-0.3, -0.25) is 4.99 Å². The number of hydrogen-bond donors (Lipinski definition) is 1. The van der Waals surface area contributed by atoms with Crippen LogP contribution in [0, 0.1) is 5.82 Å². The first-order chi connectivity index (χ1) is 13.2. The molecule has 1 aliphatic heterocycles. The van der Waals surface area contributed by atoms with Crippen molar-refractivity contribution < 1.29 is 13.9 Å². The van der Waals surface area contributed by atoms with Crippen LogP contribution in [0.25, 0.3) is 0 Å². The third kappa shape index (κ3) is 5.12. The molecule has 0 bridgehead atoms. The maximum absolute atomic E-state index is 13.6. The number of hydrogen-bond acceptors (Lipinski definition) is 3. The molecule has 3 rings (SSSR count). The van der Waals surface area contributed by atoms with Crippen LogP contribution in [0.15, 0.2) is 47.5 Å². The fraction of sp³-hybridized carbons (Fsp3) is 0.381. The number of nitrogens with one attached hydrogen (secondary N) is 1. The maximum atomic E-state index is 13.6. The van der Waals surface area contributed by atoms with Crippen LogP contribution in [0.3, 0.4) is 0 Å². The first kappa shape index (κ1) is 19.0. The third-order valence-electron chi connectivity index (χ3n) is 4.54. The molecule has 0 amide bonds. The molecule has 2 aromatic rings. The molecule has 0 spiro atoms. The largest absolute Gasteiger partial charge is 0.493 e. The Kier molecular flexibility index (Phi) is 6.52. The predicted octanol–water partition coefficient (Wildman–Crippen LogP) is 2.89. The van der Waals surface area contributed by atoms with Gasteiger partial charge in [0.25, 0.3) is 0 Å². The molecular formula is C21H26FN3O2. The van der Waals surface area contributed by atoms with Gasteiger partial charge >= 0.3 is 0 Å². The van der Waals surface area contributed by atoms with E-state index in [1.54, 1.807) is 25.2 Å². The number of aliphatic imine (C=N–C) groups is 1. The van der Waals surface area contributed by atoms with Crippen LogP contribution < -0.4 is 14.8 Å². The minimum absolute atomic E-state index is 0.273. The van der Waals surface area contributed by atoms with Gasteiger partial charge < -0.3 is 19.7 Å². The van der Waals surface area contributed by atoms with Crippen molar-refractivity contribution in [2.75, 3.05) is 40.4 Å². The summed E-state index contributed by atoms with van der Waals surface area (Å²) in [7, 11) is 3.69. The van der Waals surface area contributed by atoms with Crippen molar-refractivity contribution in [2.45, 2.75) is 12.8 Å². The van der Waals surface area contributed by atoms with Crippen molar-refractivity contribution in [3.63, 3.8) is 0 Å². The number of rotatable bonds is 7. The number of ether oxygens (including phenoxy) is 2. The molecule has 0 aromatic heterocycles. The third-order valence-corrected chi connectivity index (χ3v) is 4.54. The van der Waals surface area contributed by atoms with Gasteiger partial charge in [-0.2, -0.15) is 0 Å². The lowest BCUT2D eigenvalue weighted by Gasteiger charge is -2.22. The Morgan fingerprint density at radius 2 is 2.15 bits per heavy atom. The van der Waals surface area contributed by atoms with Gasteiger partial charge in [0, 0.05) is 27.1 Å². The maximum Gasteiger partial charge on any atom is 0.193 e. The Labute approximate surface area is 159 Å². The summed E-state index contributed by atoms with van der Waals surface area (Å²) in [6.45, 7) is 2.54.